The van der Waals surface area contributed by atoms with Crippen molar-refractivity contribution in [3.05, 3.63) is 70.7 Å². The van der Waals surface area contributed by atoms with Gasteiger partial charge in [0.05, 0.1) is 11.7 Å². The predicted octanol–water partition coefficient (Wildman–Crippen LogP) is 4.45. The minimum absolute atomic E-state index is 0.0157. The Morgan fingerprint density at radius 2 is 1.92 bits per heavy atom. The van der Waals surface area contributed by atoms with Gasteiger partial charge in [0.25, 0.3) is 0 Å². The summed E-state index contributed by atoms with van der Waals surface area (Å²) in [6.07, 6.45) is -0.167. The summed E-state index contributed by atoms with van der Waals surface area (Å²) in [5, 5.41) is 14.2. The zero-order chi connectivity index (χ0) is 27.6. The van der Waals surface area contributed by atoms with Gasteiger partial charge < -0.3 is 29.5 Å². The van der Waals surface area contributed by atoms with Gasteiger partial charge in [-0.3, -0.25) is 4.79 Å². The summed E-state index contributed by atoms with van der Waals surface area (Å²) in [6.45, 7) is 8.05. The van der Waals surface area contributed by atoms with Crippen LogP contribution in [0.15, 0.2) is 53.7 Å². The third-order valence-corrected chi connectivity index (χ3v) is 7.39. The van der Waals surface area contributed by atoms with Crippen molar-refractivity contribution in [1.29, 1.82) is 0 Å². The molecule has 0 radical (unpaired) electrons. The molecule has 0 aliphatic carbocycles. The fourth-order valence-corrected chi connectivity index (χ4v) is 5.55. The van der Waals surface area contributed by atoms with Gasteiger partial charge in [-0.15, -0.1) is 0 Å². The molecule has 3 atom stereocenters. The number of fused-ring (bicyclic) bond motifs is 1. The number of carboxylic acids is 1. The Balaban J connectivity index is 1.78. The molecule has 0 aromatic heterocycles. The smallest absolute Gasteiger partial charge is 0.336 e. The second kappa shape index (κ2) is 11.0. The summed E-state index contributed by atoms with van der Waals surface area (Å²) >= 11 is 0. The number of nitrogens with zero attached hydrogens (tertiary/aromatic N) is 1. The molecule has 0 bridgehead atoms. The van der Waals surface area contributed by atoms with Crippen molar-refractivity contribution in [3.63, 3.8) is 0 Å². The second-order valence-electron chi connectivity index (χ2n) is 10.3. The zero-order valence-corrected chi connectivity index (χ0v) is 22.4. The van der Waals surface area contributed by atoms with Crippen LogP contribution < -0.4 is 14.8 Å². The van der Waals surface area contributed by atoms with Crippen molar-refractivity contribution >= 4 is 11.9 Å². The molecule has 38 heavy (non-hydrogen) atoms. The number of carbonyl (C=O) groups is 2. The van der Waals surface area contributed by atoms with E-state index in [1.165, 1.54) is 12.1 Å². The Morgan fingerprint density at radius 3 is 2.58 bits per heavy atom. The van der Waals surface area contributed by atoms with Gasteiger partial charge in [0.15, 0.2) is 11.5 Å². The number of ether oxygens (including phenoxy) is 3. The van der Waals surface area contributed by atoms with Crippen LogP contribution in [-0.4, -0.2) is 54.5 Å². The van der Waals surface area contributed by atoms with Crippen LogP contribution in [0.1, 0.15) is 51.2 Å². The van der Waals surface area contributed by atoms with Crippen LogP contribution in [0, 0.1) is 11.2 Å². The molecule has 204 valence electrons. The lowest BCUT2D eigenvalue weighted by Crippen LogP contribution is -2.57. The molecule has 2 aliphatic heterocycles. The first-order valence-corrected chi connectivity index (χ1v) is 12.8. The molecular formula is C29H35FN2O6. The summed E-state index contributed by atoms with van der Waals surface area (Å²) in [4.78, 5) is 28.8. The van der Waals surface area contributed by atoms with Crippen LogP contribution in [0.2, 0.25) is 0 Å². The van der Waals surface area contributed by atoms with Crippen molar-refractivity contribution in [2.24, 2.45) is 5.41 Å². The van der Waals surface area contributed by atoms with Crippen molar-refractivity contribution < 1.29 is 33.3 Å². The lowest BCUT2D eigenvalue weighted by Gasteiger charge is -2.47. The number of rotatable bonds is 9. The SMILES string of the molecule is CC1=C(C(=O)OC(C)C)C(c2cccc3c2OCO3)C(CCN(C)Cc2ccc(F)cc2)(C(=O)O)C(C)N1. The Kier molecular flexibility index (Phi) is 7.97. The van der Waals surface area contributed by atoms with Crippen LogP contribution >= 0.6 is 0 Å². The van der Waals surface area contributed by atoms with Crippen molar-refractivity contribution in [3.8, 4) is 11.5 Å². The third kappa shape index (κ3) is 5.20. The fourth-order valence-electron chi connectivity index (χ4n) is 5.55. The molecule has 4 rings (SSSR count). The number of benzene rings is 2. The highest BCUT2D eigenvalue weighted by molar-refractivity contribution is 5.94. The van der Waals surface area contributed by atoms with E-state index < -0.39 is 29.3 Å². The highest BCUT2D eigenvalue weighted by Crippen LogP contribution is 2.54. The van der Waals surface area contributed by atoms with E-state index in [9.17, 15) is 19.1 Å². The predicted molar refractivity (Wildman–Crippen MR) is 139 cm³/mol. The molecule has 8 nitrogen and oxygen atoms in total. The largest absolute Gasteiger partial charge is 0.481 e. The number of nitrogens with one attached hydrogen (secondary N) is 1. The van der Waals surface area contributed by atoms with Gasteiger partial charge in [0.1, 0.15) is 11.2 Å². The number of allylic oxidation sites excluding steroid dienone is 1. The molecule has 0 saturated carbocycles. The summed E-state index contributed by atoms with van der Waals surface area (Å²) in [5.41, 5.74) is 0.897. The topological polar surface area (TPSA) is 97.3 Å². The first kappa shape index (κ1) is 27.4. The summed E-state index contributed by atoms with van der Waals surface area (Å²) in [5.74, 6) is -1.82. The Labute approximate surface area is 222 Å². The van der Waals surface area contributed by atoms with E-state index in [4.69, 9.17) is 14.2 Å². The van der Waals surface area contributed by atoms with Gasteiger partial charge in [-0.05, 0) is 71.5 Å². The average molecular weight is 527 g/mol. The maximum Gasteiger partial charge on any atom is 0.336 e. The third-order valence-electron chi connectivity index (χ3n) is 7.39. The van der Waals surface area contributed by atoms with Crippen LogP contribution in [-0.2, 0) is 20.9 Å². The number of aliphatic carboxylic acids is 1. The molecular weight excluding hydrogens is 491 g/mol. The van der Waals surface area contributed by atoms with E-state index >= 15 is 0 Å². The Bertz CT molecular complexity index is 1230. The molecule has 0 saturated heterocycles. The molecule has 3 unspecified atom stereocenters. The first-order chi connectivity index (χ1) is 18.0. The van der Waals surface area contributed by atoms with E-state index in [-0.39, 0.29) is 30.7 Å². The number of hydrogen-bond acceptors (Lipinski definition) is 7. The van der Waals surface area contributed by atoms with E-state index in [1.54, 1.807) is 51.1 Å². The van der Waals surface area contributed by atoms with Crippen LogP contribution in [0.5, 0.6) is 11.5 Å². The van der Waals surface area contributed by atoms with Crippen molar-refractivity contribution in [1.82, 2.24) is 10.2 Å². The number of esters is 1. The average Bonchev–Trinajstić information content (AvgIpc) is 3.33. The van der Waals surface area contributed by atoms with Gasteiger partial charge in [-0.2, -0.15) is 0 Å². The van der Waals surface area contributed by atoms with E-state index in [0.717, 1.165) is 5.56 Å². The molecule has 2 heterocycles. The molecule has 0 spiro atoms. The molecule has 2 aromatic rings. The Hall–Kier alpha value is -3.59. The van der Waals surface area contributed by atoms with Gasteiger partial charge in [0, 0.05) is 29.8 Å². The number of hydrogen-bond donors (Lipinski definition) is 2. The van der Waals surface area contributed by atoms with Crippen molar-refractivity contribution in [2.75, 3.05) is 20.4 Å². The number of halogens is 1. The molecule has 2 N–H and O–H groups in total. The van der Waals surface area contributed by atoms with Gasteiger partial charge >= 0.3 is 11.9 Å². The van der Waals surface area contributed by atoms with E-state index in [1.807, 2.05) is 18.9 Å². The van der Waals surface area contributed by atoms with Gasteiger partial charge in [0.2, 0.25) is 6.79 Å². The maximum atomic E-state index is 13.5. The van der Waals surface area contributed by atoms with Crippen molar-refractivity contribution in [2.45, 2.75) is 58.7 Å². The number of carboxylic acid groups (broad SMARTS) is 1. The minimum Gasteiger partial charge on any atom is -0.481 e. The Morgan fingerprint density at radius 1 is 1.21 bits per heavy atom. The fraction of sp³-hybridized carbons (Fsp3) is 0.448. The lowest BCUT2D eigenvalue weighted by atomic mass is 9.60. The lowest BCUT2D eigenvalue weighted by molar-refractivity contribution is -0.154. The molecule has 9 heteroatoms. The zero-order valence-electron chi connectivity index (χ0n) is 22.4. The number of para-hydroxylation sites is 1. The van der Waals surface area contributed by atoms with Crippen LogP contribution in [0.4, 0.5) is 4.39 Å². The summed E-state index contributed by atoms with van der Waals surface area (Å²) in [6, 6.07) is 11.0. The molecule has 0 amide bonds. The van der Waals surface area contributed by atoms with Crippen LogP contribution in [0.25, 0.3) is 0 Å². The van der Waals surface area contributed by atoms with Gasteiger partial charge in [-0.25, -0.2) is 9.18 Å². The number of carbonyl (C=O) groups excluding carboxylic acids is 1. The quantitative estimate of drug-likeness (QED) is 0.463. The second-order valence-corrected chi connectivity index (χ2v) is 10.3. The maximum absolute atomic E-state index is 13.5. The van der Waals surface area contributed by atoms with E-state index in [0.29, 0.717) is 35.8 Å². The monoisotopic (exact) mass is 526 g/mol. The molecule has 2 aliphatic rings. The van der Waals surface area contributed by atoms with Gasteiger partial charge in [-0.1, -0.05) is 24.3 Å². The summed E-state index contributed by atoms with van der Waals surface area (Å²) < 4.78 is 30.4. The normalized spacial score (nSPS) is 22.5. The van der Waals surface area contributed by atoms with E-state index in [2.05, 4.69) is 5.32 Å². The van der Waals surface area contributed by atoms with Crippen LogP contribution in [0.3, 0.4) is 0 Å². The standard InChI is InChI=1S/C29H35FN2O6/c1-17(2)38-27(33)24-18(3)31-19(4)29(28(34)35,13-14-32(5)15-20-9-11-21(30)12-10-20)25(24)22-7-6-8-23-26(22)37-16-36-23/h6-12,17,19,25,31H,13-16H2,1-5H3,(H,34,35). The molecule has 0 fully saturated rings. The summed E-state index contributed by atoms with van der Waals surface area (Å²) in [7, 11) is 1.89. The minimum atomic E-state index is -1.43. The highest BCUT2D eigenvalue weighted by Gasteiger charge is 2.57. The first-order valence-electron chi connectivity index (χ1n) is 12.8. The molecule has 2 aromatic carbocycles. The highest BCUT2D eigenvalue weighted by atomic mass is 19.1.